The Morgan fingerprint density at radius 2 is 1.89 bits per heavy atom. The molecule has 0 atom stereocenters. The molecule has 6 heteroatoms. The molecule has 144 valence electrons. The zero-order valence-corrected chi connectivity index (χ0v) is 16.0. The second-order valence-electron chi connectivity index (χ2n) is 6.53. The van der Waals surface area contributed by atoms with Crippen LogP contribution in [-0.4, -0.2) is 33.6 Å². The Balaban J connectivity index is 1.74. The number of carbonyl (C=O) groups excluding carboxylic acids is 1. The molecule has 0 saturated heterocycles. The molecule has 0 saturated carbocycles. The van der Waals surface area contributed by atoms with Gasteiger partial charge in [0.15, 0.2) is 0 Å². The van der Waals surface area contributed by atoms with Crippen molar-refractivity contribution in [1.29, 1.82) is 0 Å². The number of rotatable bonds is 8. The first kappa shape index (κ1) is 19.4. The molecule has 1 heterocycles. The SMILES string of the molecule is C=CCOc1ccc(C(=O)N(Cc2nc(-c3ccccc3)no2)C(C)C)cc1. The van der Waals surface area contributed by atoms with Gasteiger partial charge in [0.2, 0.25) is 11.7 Å². The van der Waals surface area contributed by atoms with E-state index in [2.05, 4.69) is 16.7 Å². The van der Waals surface area contributed by atoms with E-state index < -0.39 is 0 Å². The molecule has 0 aliphatic carbocycles. The summed E-state index contributed by atoms with van der Waals surface area (Å²) in [5.41, 5.74) is 1.44. The second-order valence-corrected chi connectivity index (χ2v) is 6.53. The van der Waals surface area contributed by atoms with Gasteiger partial charge in [-0.3, -0.25) is 4.79 Å². The summed E-state index contributed by atoms with van der Waals surface area (Å²) in [6, 6.07) is 16.6. The summed E-state index contributed by atoms with van der Waals surface area (Å²) in [7, 11) is 0. The third-order valence-electron chi connectivity index (χ3n) is 4.16. The lowest BCUT2D eigenvalue weighted by Crippen LogP contribution is -2.36. The minimum atomic E-state index is -0.107. The van der Waals surface area contributed by atoms with Gasteiger partial charge in [-0.1, -0.05) is 48.1 Å². The lowest BCUT2D eigenvalue weighted by atomic mass is 10.1. The van der Waals surface area contributed by atoms with Gasteiger partial charge < -0.3 is 14.2 Å². The Labute approximate surface area is 164 Å². The molecule has 3 aromatic rings. The van der Waals surface area contributed by atoms with Gasteiger partial charge in [-0.25, -0.2) is 0 Å². The third-order valence-corrected chi connectivity index (χ3v) is 4.16. The maximum absolute atomic E-state index is 13.0. The van der Waals surface area contributed by atoms with Crippen LogP contribution in [0.5, 0.6) is 5.75 Å². The zero-order chi connectivity index (χ0) is 19.9. The van der Waals surface area contributed by atoms with Crippen LogP contribution < -0.4 is 4.74 Å². The van der Waals surface area contributed by atoms with Gasteiger partial charge >= 0.3 is 0 Å². The van der Waals surface area contributed by atoms with Gasteiger partial charge in [0.1, 0.15) is 18.9 Å². The summed E-state index contributed by atoms with van der Waals surface area (Å²) in [4.78, 5) is 19.1. The summed E-state index contributed by atoms with van der Waals surface area (Å²) < 4.78 is 10.8. The highest BCUT2D eigenvalue weighted by atomic mass is 16.5. The Kier molecular flexibility index (Phi) is 6.22. The maximum atomic E-state index is 13.0. The van der Waals surface area contributed by atoms with E-state index in [1.54, 1.807) is 35.2 Å². The van der Waals surface area contributed by atoms with E-state index in [0.717, 1.165) is 5.56 Å². The Morgan fingerprint density at radius 3 is 2.54 bits per heavy atom. The first-order valence-electron chi connectivity index (χ1n) is 9.11. The fraction of sp³-hybridized carbons (Fsp3) is 0.227. The molecule has 0 radical (unpaired) electrons. The molecule has 0 spiro atoms. The van der Waals surface area contributed by atoms with Crippen molar-refractivity contribution in [1.82, 2.24) is 15.0 Å². The van der Waals surface area contributed by atoms with Crippen molar-refractivity contribution in [2.75, 3.05) is 6.61 Å². The van der Waals surface area contributed by atoms with Crippen LogP contribution in [0.3, 0.4) is 0 Å². The number of nitrogens with zero attached hydrogens (tertiary/aromatic N) is 3. The van der Waals surface area contributed by atoms with Crippen molar-refractivity contribution < 1.29 is 14.1 Å². The fourth-order valence-electron chi connectivity index (χ4n) is 2.67. The number of hydrogen-bond acceptors (Lipinski definition) is 5. The van der Waals surface area contributed by atoms with Gasteiger partial charge in [-0.2, -0.15) is 4.98 Å². The second kappa shape index (κ2) is 8.99. The number of benzene rings is 2. The minimum Gasteiger partial charge on any atom is -0.490 e. The summed E-state index contributed by atoms with van der Waals surface area (Å²) in [5, 5.41) is 4.02. The van der Waals surface area contributed by atoms with Crippen molar-refractivity contribution in [3.05, 3.63) is 78.7 Å². The van der Waals surface area contributed by atoms with Crippen LogP contribution in [0.15, 0.2) is 71.8 Å². The zero-order valence-electron chi connectivity index (χ0n) is 16.0. The highest BCUT2D eigenvalue weighted by Crippen LogP contribution is 2.19. The molecule has 0 fully saturated rings. The average Bonchev–Trinajstić information content (AvgIpc) is 3.19. The average molecular weight is 377 g/mol. The van der Waals surface area contributed by atoms with Gasteiger partial charge in [0.25, 0.3) is 5.91 Å². The molecule has 1 aromatic heterocycles. The molecule has 0 aliphatic rings. The highest BCUT2D eigenvalue weighted by molar-refractivity contribution is 5.94. The standard InChI is InChI=1S/C22H23N3O3/c1-4-14-27-19-12-10-18(11-13-19)22(26)25(16(2)3)15-20-23-21(24-28-20)17-8-6-5-7-9-17/h4-13,16H,1,14-15H2,2-3H3. The third kappa shape index (κ3) is 4.65. The van der Waals surface area contributed by atoms with E-state index in [1.807, 2.05) is 44.2 Å². The predicted octanol–water partition coefficient (Wildman–Crippen LogP) is 4.35. The monoisotopic (exact) mass is 377 g/mol. The van der Waals surface area contributed by atoms with Crippen molar-refractivity contribution in [2.45, 2.75) is 26.4 Å². The number of amides is 1. The summed E-state index contributed by atoms with van der Waals surface area (Å²) >= 11 is 0. The van der Waals surface area contributed by atoms with Crippen LogP contribution in [0.4, 0.5) is 0 Å². The van der Waals surface area contributed by atoms with E-state index in [4.69, 9.17) is 9.26 Å². The first-order chi connectivity index (χ1) is 13.6. The van der Waals surface area contributed by atoms with Gasteiger partial charge in [0.05, 0.1) is 0 Å². The van der Waals surface area contributed by atoms with Crippen molar-refractivity contribution in [3.8, 4) is 17.1 Å². The van der Waals surface area contributed by atoms with E-state index >= 15 is 0 Å². The van der Waals surface area contributed by atoms with E-state index in [1.165, 1.54) is 0 Å². The first-order valence-corrected chi connectivity index (χ1v) is 9.11. The molecule has 6 nitrogen and oxygen atoms in total. The molecule has 0 aliphatic heterocycles. The summed E-state index contributed by atoms with van der Waals surface area (Å²) in [6.07, 6.45) is 1.67. The molecule has 3 rings (SSSR count). The van der Waals surface area contributed by atoms with E-state index in [-0.39, 0.29) is 18.5 Å². The maximum Gasteiger partial charge on any atom is 0.254 e. The molecule has 0 N–H and O–H groups in total. The van der Waals surface area contributed by atoms with Crippen LogP contribution in [0, 0.1) is 0 Å². The van der Waals surface area contributed by atoms with Crippen molar-refractivity contribution >= 4 is 5.91 Å². The van der Waals surface area contributed by atoms with E-state index in [9.17, 15) is 4.79 Å². The fourth-order valence-corrected chi connectivity index (χ4v) is 2.67. The number of ether oxygens (including phenoxy) is 1. The molecule has 28 heavy (non-hydrogen) atoms. The lowest BCUT2D eigenvalue weighted by Gasteiger charge is -2.25. The molecule has 1 amide bonds. The highest BCUT2D eigenvalue weighted by Gasteiger charge is 2.22. The number of carbonyl (C=O) groups is 1. The summed E-state index contributed by atoms with van der Waals surface area (Å²) in [5.74, 6) is 1.49. The van der Waals surface area contributed by atoms with Crippen LogP contribution in [0.1, 0.15) is 30.1 Å². The lowest BCUT2D eigenvalue weighted by molar-refractivity contribution is 0.0667. The van der Waals surface area contributed by atoms with Crippen molar-refractivity contribution in [2.24, 2.45) is 0 Å². The number of aromatic nitrogens is 2. The van der Waals surface area contributed by atoms with Crippen molar-refractivity contribution in [3.63, 3.8) is 0 Å². The topological polar surface area (TPSA) is 68.5 Å². The molecule has 0 unspecified atom stereocenters. The molecular weight excluding hydrogens is 354 g/mol. The largest absolute Gasteiger partial charge is 0.490 e. The van der Waals surface area contributed by atoms with E-state index in [0.29, 0.717) is 29.6 Å². The smallest absolute Gasteiger partial charge is 0.254 e. The minimum absolute atomic E-state index is 0.0312. The van der Waals surface area contributed by atoms with Gasteiger partial charge in [0, 0.05) is 17.2 Å². The predicted molar refractivity (Wildman–Crippen MR) is 107 cm³/mol. The Hall–Kier alpha value is -3.41. The van der Waals surface area contributed by atoms with Gasteiger partial charge in [-0.15, -0.1) is 0 Å². The Morgan fingerprint density at radius 1 is 1.18 bits per heavy atom. The van der Waals surface area contributed by atoms with Gasteiger partial charge in [-0.05, 0) is 38.1 Å². The van der Waals surface area contributed by atoms with Crippen LogP contribution >= 0.6 is 0 Å². The van der Waals surface area contributed by atoms with Crippen LogP contribution in [0.25, 0.3) is 11.4 Å². The quantitative estimate of drug-likeness (QED) is 0.546. The number of hydrogen-bond donors (Lipinski definition) is 0. The normalized spacial score (nSPS) is 10.7. The van der Waals surface area contributed by atoms with Crippen LogP contribution in [-0.2, 0) is 6.54 Å². The molecular formula is C22H23N3O3. The Bertz CT molecular complexity index is 918. The molecule has 0 bridgehead atoms. The van der Waals surface area contributed by atoms with Crippen LogP contribution in [0.2, 0.25) is 0 Å². The summed E-state index contributed by atoms with van der Waals surface area (Å²) in [6.45, 7) is 8.19. The molecule has 2 aromatic carbocycles.